The molecule has 0 bridgehead atoms. The summed E-state index contributed by atoms with van der Waals surface area (Å²) in [5, 5.41) is 12.8. The lowest BCUT2D eigenvalue weighted by molar-refractivity contribution is -1.02. The van der Waals surface area contributed by atoms with Crippen LogP contribution in [0.4, 0.5) is 5.69 Å². The van der Waals surface area contributed by atoms with Crippen LogP contribution in [0.25, 0.3) is 0 Å². The summed E-state index contributed by atoms with van der Waals surface area (Å²) in [6, 6.07) is 11.3. The molecule has 1 saturated heterocycles. The number of nitro groups is 1. The Kier molecular flexibility index (Phi) is 4.82. The predicted molar refractivity (Wildman–Crippen MR) is 86.2 cm³/mol. The minimum absolute atomic E-state index is 0.170. The van der Waals surface area contributed by atoms with Crippen LogP contribution in [0.3, 0.4) is 0 Å². The van der Waals surface area contributed by atoms with Gasteiger partial charge >= 0.3 is 0 Å². The third kappa shape index (κ3) is 3.91. The molecule has 3 rings (SSSR count). The summed E-state index contributed by atoms with van der Waals surface area (Å²) >= 11 is 1.84. The van der Waals surface area contributed by atoms with E-state index in [1.807, 2.05) is 23.5 Å². The van der Waals surface area contributed by atoms with Gasteiger partial charge in [0.05, 0.1) is 9.80 Å². The number of benzene rings is 1. The highest BCUT2D eigenvalue weighted by Crippen LogP contribution is 2.11. The molecule has 1 fully saturated rings. The molecule has 1 aliphatic heterocycles. The highest BCUT2D eigenvalue weighted by molar-refractivity contribution is 7.09. The second kappa shape index (κ2) is 7.00. The van der Waals surface area contributed by atoms with Crippen LogP contribution in [-0.4, -0.2) is 31.1 Å². The molecule has 5 nitrogen and oxygen atoms in total. The van der Waals surface area contributed by atoms with Gasteiger partial charge in [-0.2, -0.15) is 0 Å². The fourth-order valence-electron chi connectivity index (χ4n) is 2.99. The fourth-order valence-corrected chi connectivity index (χ4v) is 3.77. The van der Waals surface area contributed by atoms with Gasteiger partial charge in [-0.25, -0.2) is 0 Å². The Morgan fingerprint density at radius 3 is 2.18 bits per heavy atom. The van der Waals surface area contributed by atoms with Crippen molar-refractivity contribution in [1.82, 2.24) is 0 Å². The monoisotopic (exact) mass is 319 g/mol. The standard InChI is InChI=1S/C16H19N3O2S/c20-19(21)15-5-3-14(4-6-15)12-17-7-9-18(10-8-17)13-16-2-1-11-22-16/h1-6,11H,7-10,12-13H2/p+2. The first-order valence-electron chi connectivity index (χ1n) is 7.63. The van der Waals surface area contributed by atoms with Crippen molar-refractivity contribution in [1.29, 1.82) is 0 Å². The highest BCUT2D eigenvalue weighted by atomic mass is 32.1. The average molecular weight is 319 g/mol. The van der Waals surface area contributed by atoms with Gasteiger partial charge < -0.3 is 9.80 Å². The van der Waals surface area contributed by atoms with E-state index in [9.17, 15) is 10.1 Å². The Bertz CT molecular complexity index is 605. The first-order valence-corrected chi connectivity index (χ1v) is 8.51. The molecule has 0 unspecified atom stereocenters. The minimum atomic E-state index is -0.344. The fraction of sp³-hybridized carbons (Fsp3) is 0.375. The molecular weight excluding hydrogens is 298 g/mol. The van der Waals surface area contributed by atoms with Gasteiger partial charge in [0.1, 0.15) is 39.3 Å². The summed E-state index contributed by atoms with van der Waals surface area (Å²) in [7, 11) is 0. The van der Waals surface area contributed by atoms with Gasteiger partial charge in [0, 0.05) is 17.7 Å². The number of nitrogens with one attached hydrogen (secondary N) is 2. The molecule has 1 aliphatic rings. The molecule has 1 aromatic heterocycles. The second-order valence-electron chi connectivity index (χ2n) is 5.86. The molecule has 0 radical (unpaired) electrons. The van der Waals surface area contributed by atoms with E-state index >= 15 is 0 Å². The Hall–Kier alpha value is -1.76. The smallest absolute Gasteiger partial charge is 0.269 e. The van der Waals surface area contributed by atoms with E-state index < -0.39 is 0 Å². The van der Waals surface area contributed by atoms with Crippen LogP contribution >= 0.6 is 11.3 Å². The lowest BCUT2D eigenvalue weighted by Gasteiger charge is -2.29. The van der Waals surface area contributed by atoms with Crippen LogP contribution < -0.4 is 9.80 Å². The van der Waals surface area contributed by atoms with Gasteiger partial charge in [-0.15, -0.1) is 11.3 Å². The van der Waals surface area contributed by atoms with E-state index in [0.29, 0.717) is 0 Å². The summed E-state index contributed by atoms with van der Waals surface area (Å²) in [5.74, 6) is 0. The number of hydrogen-bond donors (Lipinski definition) is 2. The van der Waals surface area contributed by atoms with Crippen molar-refractivity contribution >= 4 is 17.0 Å². The summed E-state index contributed by atoms with van der Waals surface area (Å²) < 4.78 is 0. The summed E-state index contributed by atoms with van der Waals surface area (Å²) in [6.45, 7) is 6.82. The van der Waals surface area contributed by atoms with E-state index in [2.05, 4.69) is 17.5 Å². The van der Waals surface area contributed by atoms with Crippen molar-refractivity contribution in [2.45, 2.75) is 13.1 Å². The zero-order valence-electron chi connectivity index (χ0n) is 12.5. The van der Waals surface area contributed by atoms with Gasteiger partial charge in [-0.1, -0.05) is 6.07 Å². The normalized spacial score (nSPS) is 21.6. The Morgan fingerprint density at radius 2 is 1.64 bits per heavy atom. The van der Waals surface area contributed by atoms with Crippen LogP contribution in [-0.2, 0) is 13.1 Å². The molecule has 2 heterocycles. The SMILES string of the molecule is O=[N+]([O-])c1ccc(C[NH+]2CC[NH+](Cc3cccs3)CC2)cc1. The number of nitro benzene ring substituents is 1. The lowest BCUT2D eigenvalue weighted by atomic mass is 10.2. The van der Waals surface area contributed by atoms with Gasteiger partial charge in [-0.05, 0) is 23.6 Å². The molecule has 0 aliphatic carbocycles. The number of nitrogens with zero attached hydrogens (tertiary/aromatic N) is 1. The highest BCUT2D eigenvalue weighted by Gasteiger charge is 2.23. The quantitative estimate of drug-likeness (QED) is 0.608. The second-order valence-corrected chi connectivity index (χ2v) is 6.89. The van der Waals surface area contributed by atoms with E-state index in [0.717, 1.165) is 26.2 Å². The van der Waals surface area contributed by atoms with E-state index in [-0.39, 0.29) is 10.6 Å². The number of thiophene rings is 1. The first kappa shape index (κ1) is 15.1. The molecule has 0 atom stereocenters. The molecule has 0 amide bonds. The molecule has 22 heavy (non-hydrogen) atoms. The molecule has 0 spiro atoms. The largest absolute Gasteiger partial charge is 0.322 e. The van der Waals surface area contributed by atoms with Crippen LogP contribution in [0.2, 0.25) is 0 Å². The van der Waals surface area contributed by atoms with Gasteiger partial charge in [0.2, 0.25) is 0 Å². The van der Waals surface area contributed by atoms with Crippen molar-refractivity contribution in [2.24, 2.45) is 0 Å². The van der Waals surface area contributed by atoms with E-state index in [4.69, 9.17) is 0 Å². The van der Waals surface area contributed by atoms with Gasteiger partial charge in [0.25, 0.3) is 5.69 Å². The molecule has 2 aromatic rings. The van der Waals surface area contributed by atoms with E-state index in [1.165, 1.54) is 23.5 Å². The third-order valence-electron chi connectivity index (χ3n) is 4.27. The van der Waals surface area contributed by atoms with Crippen molar-refractivity contribution in [3.8, 4) is 0 Å². The zero-order chi connectivity index (χ0) is 15.4. The minimum Gasteiger partial charge on any atom is -0.322 e. The number of non-ortho nitro benzene ring substituents is 1. The van der Waals surface area contributed by atoms with Gasteiger partial charge in [0.15, 0.2) is 0 Å². The molecule has 0 saturated carbocycles. The molecular formula is C16H21N3O2S+2. The number of piperazine rings is 1. The number of rotatable bonds is 5. The average Bonchev–Trinajstić information content (AvgIpc) is 3.03. The molecule has 1 aromatic carbocycles. The van der Waals surface area contributed by atoms with Crippen molar-refractivity contribution in [2.75, 3.05) is 26.2 Å². The van der Waals surface area contributed by atoms with Gasteiger partial charge in [-0.3, -0.25) is 10.1 Å². The summed E-state index contributed by atoms with van der Waals surface area (Å²) in [6.07, 6.45) is 0. The third-order valence-corrected chi connectivity index (χ3v) is 5.15. The Labute approximate surface area is 133 Å². The van der Waals surface area contributed by atoms with E-state index in [1.54, 1.807) is 21.9 Å². The number of hydrogen-bond acceptors (Lipinski definition) is 3. The zero-order valence-corrected chi connectivity index (χ0v) is 13.3. The molecule has 2 N–H and O–H groups in total. The molecule has 116 valence electrons. The first-order chi connectivity index (χ1) is 10.7. The maximum atomic E-state index is 10.7. The van der Waals surface area contributed by atoms with Crippen molar-refractivity contribution in [3.63, 3.8) is 0 Å². The van der Waals surface area contributed by atoms with Crippen LogP contribution in [0.5, 0.6) is 0 Å². The van der Waals surface area contributed by atoms with Crippen molar-refractivity contribution < 1.29 is 14.7 Å². The van der Waals surface area contributed by atoms with Crippen molar-refractivity contribution in [3.05, 3.63) is 62.3 Å². The summed E-state index contributed by atoms with van der Waals surface area (Å²) in [5.41, 5.74) is 1.35. The summed E-state index contributed by atoms with van der Waals surface area (Å²) in [4.78, 5) is 15.0. The predicted octanol–water partition coefficient (Wildman–Crippen LogP) is 0.140. The Balaban J connectivity index is 1.48. The van der Waals surface area contributed by atoms with Crippen LogP contribution in [0.1, 0.15) is 10.4 Å². The topological polar surface area (TPSA) is 52.0 Å². The lowest BCUT2D eigenvalue weighted by Crippen LogP contribution is -3.27. The number of quaternary nitrogens is 2. The van der Waals surface area contributed by atoms with Crippen LogP contribution in [0.15, 0.2) is 41.8 Å². The molecule has 6 heteroatoms. The van der Waals surface area contributed by atoms with Crippen LogP contribution in [0, 0.1) is 10.1 Å². The maximum Gasteiger partial charge on any atom is 0.269 e. The maximum absolute atomic E-state index is 10.7. The Morgan fingerprint density at radius 1 is 1.00 bits per heavy atom.